The fourth-order valence-electron chi connectivity index (χ4n) is 4.62. The van der Waals surface area contributed by atoms with Crippen molar-refractivity contribution >= 4 is 16.8 Å². The van der Waals surface area contributed by atoms with Gasteiger partial charge in [-0.2, -0.15) is 0 Å². The van der Waals surface area contributed by atoms with Crippen LogP contribution in [0, 0.1) is 0 Å². The SMILES string of the molecule is COc1ccc2nccc(C(O)CN3CCC(NC(=O)c4ccc5c(c4)OCCO5)CC3)c2c1. The summed E-state index contributed by atoms with van der Waals surface area (Å²) in [5.41, 5.74) is 2.25. The maximum absolute atomic E-state index is 12.7. The van der Waals surface area contributed by atoms with Gasteiger partial charge in [0.25, 0.3) is 5.91 Å². The first-order chi connectivity index (χ1) is 16.6. The zero-order valence-electron chi connectivity index (χ0n) is 19.2. The summed E-state index contributed by atoms with van der Waals surface area (Å²) in [5, 5.41) is 15.0. The molecule has 8 nitrogen and oxygen atoms in total. The van der Waals surface area contributed by atoms with Crippen molar-refractivity contribution in [1.29, 1.82) is 0 Å². The van der Waals surface area contributed by atoms with Crippen molar-refractivity contribution in [1.82, 2.24) is 15.2 Å². The Kier molecular flexibility index (Phi) is 6.51. The third kappa shape index (κ3) is 4.78. The molecule has 8 heteroatoms. The molecule has 0 bridgehead atoms. The van der Waals surface area contributed by atoms with Crippen LogP contribution in [-0.2, 0) is 0 Å². The second-order valence-electron chi connectivity index (χ2n) is 8.71. The van der Waals surface area contributed by atoms with E-state index in [1.807, 2.05) is 24.3 Å². The Bertz CT molecular complexity index is 1180. The lowest BCUT2D eigenvalue weighted by Crippen LogP contribution is -2.45. The second-order valence-corrected chi connectivity index (χ2v) is 8.71. The molecule has 3 heterocycles. The quantitative estimate of drug-likeness (QED) is 0.581. The van der Waals surface area contributed by atoms with Gasteiger partial charge in [0.1, 0.15) is 19.0 Å². The van der Waals surface area contributed by atoms with E-state index in [9.17, 15) is 9.90 Å². The molecule has 5 rings (SSSR count). The molecule has 2 aromatic carbocycles. The van der Waals surface area contributed by atoms with E-state index < -0.39 is 6.10 Å². The number of hydrogen-bond acceptors (Lipinski definition) is 7. The molecule has 1 amide bonds. The predicted molar refractivity (Wildman–Crippen MR) is 128 cm³/mol. The number of aliphatic hydroxyl groups is 1. The molecule has 1 unspecified atom stereocenters. The lowest BCUT2D eigenvalue weighted by molar-refractivity contribution is 0.0830. The Labute approximate surface area is 198 Å². The van der Waals surface area contributed by atoms with E-state index in [2.05, 4.69) is 15.2 Å². The number of likely N-dealkylation sites (tertiary alicyclic amines) is 1. The highest BCUT2D eigenvalue weighted by atomic mass is 16.6. The van der Waals surface area contributed by atoms with Gasteiger partial charge in [0.2, 0.25) is 0 Å². The molecule has 2 N–H and O–H groups in total. The van der Waals surface area contributed by atoms with Gasteiger partial charge in [0.15, 0.2) is 11.5 Å². The van der Waals surface area contributed by atoms with E-state index in [0.717, 1.165) is 48.1 Å². The smallest absolute Gasteiger partial charge is 0.251 e. The molecule has 0 spiro atoms. The minimum Gasteiger partial charge on any atom is -0.497 e. The molecule has 2 aliphatic heterocycles. The molecule has 0 radical (unpaired) electrons. The van der Waals surface area contributed by atoms with Crippen LogP contribution in [0.5, 0.6) is 17.2 Å². The van der Waals surface area contributed by atoms with Gasteiger partial charge in [-0.3, -0.25) is 9.78 Å². The topological polar surface area (TPSA) is 93.2 Å². The molecule has 34 heavy (non-hydrogen) atoms. The van der Waals surface area contributed by atoms with Crippen LogP contribution < -0.4 is 19.5 Å². The Morgan fingerprint density at radius 1 is 1.15 bits per heavy atom. The van der Waals surface area contributed by atoms with Gasteiger partial charge < -0.3 is 29.5 Å². The summed E-state index contributed by atoms with van der Waals surface area (Å²) >= 11 is 0. The third-order valence-corrected chi connectivity index (χ3v) is 6.50. The number of aromatic nitrogens is 1. The number of piperidine rings is 1. The largest absolute Gasteiger partial charge is 0.497 e. The number of methoxy groups -OCH3 is 1. The number of hydrogen-bond donors (Lipinski definition) is 2. The highest BCUT2D eigenvalue weighted by Gasteiger charge is 2.24. The lowest BCUT2D eigenvalue weighted by atomic mass is 10.0. The van der Waals surface area contributed by atoms with Gasteiger partial charge in [0.05, 0.1) is 18.7 Å². The van der Waals surface area contributed by atoms with Crippen molar-refractivity contribution in [2.24, 2.45) is 0 Å². The van der Waals surface area contributed by atoms with Crippen LogP contribution in [0.25, 0.3) is 10.9 Å². The first-order valence-corrected chi connectivity index (χ1v) is 11.6. The molecule has 1 aromatic heterocycles. The van der Waals surface area contributed by atoms with Crippen LogP contribution in [0.2, 0.25) is 0 Å². The molecule has 0 aliphatic carbocycles. The minimum atomic E-state index is -0.638. The second kappa shape index (κ2) is 9.87. The van der Waals surface area contributed by atoms with Gasteiger partial charge in [-0.1, -0.05) is 0 Å². The summed E-state index contributed by atoms with van der Waals surface area (Å²) in [6, 6.07) is 12.9. The Balaban J connectivity index is 1.17. The minimum absolute atomic E-state index is 0.0973. The number of benzene rings is 2. The van der Waals surface area contributed by atoms with Crippen molar-refractivity contribution < 1.29 is 24.1 Å². The maximum atomic E-state index is 12.7. The molecule has 3 aromatic rings. The molecule has 178 valence electrons. The number of β-amino-alcohol motifs (C(OH)–C–C–N with tert-alkyl or cyclic N) is 1. The van der Waals surface area contributed by atoms with E-state index >= 15 is 0 Å². The van der Waals surface area contributed by atoms with Crippen LogP contribution >= 0.6 is 0 Å². The molecule has 0 saturated carbocycles. The van der Waals surface area contributed by atoms with Gasteiger partial charge >= 0.3 is 0 Å². The summed E-state index contributed by atoms with van der Waals surface area (Å²) in [4.78, 5) is 19.4. The monoisotopic (exact) mass is 463 g/mol. The summed E-state index contributed by atoms with van der Waals surface area (Å²) in [5.74, 6) is 1.93. The van der Waals surface area contributed by atoms with Crippen LogP contribution in [0.3, 0.4) is 0 Å². The normalized spacial score (nSPS) is 17.4. The van der Waals surface area contributed by atoms with Crippen molar-refractivity contribution in [3.8, 4) is 17.2 Å². The van der Waals surface area contributed by atoms with Crippen molar-refractivity contribution in [3.05, 3.63) is 59.8 Å². The molecule has 1 atom stereocenters. The third-order valence-electron chi connectivity index (χ3n) is 6.50. The zero-order valence-corrected chi connectivity index (χ0v) is 19.2. The average Bonchev–Trinajstić information content (AvgIpc) is 2.88. The summed E-state index contributed by atoms with van der Waals surface area (Å²) in [6.45, 7) is 3.15. The number of aliphatic hydroxyl groups excluding tert-OH is 1. The van der Waals surface area contributed by atoms with E-state index in [0.29, 0.717) is 36.8 Å². The van der Waals surface area contributed by atoms with E-state index in [-0.39, 0.29) is 11.9 Å². The number of rotatable bonds is 6. The van der Waals surface area contributed by atoms with Crippen molar-refractivity contribution in [2.45, 2.75) is 25.0 Å². The first kappa shape index (κ1) is 22.4. The first-order valence-electron chi connectivity index (χ1n) is 11.6. The van der Waals surface area contributed by atoms with E-state index in [1.54, 1.807) is 31.5 Å². The predicted octanol–water partition coefficient (Wildman–Crippen LogP) is 2.94. The van der Waals surface area contributed by atoms with Gasteiger partial charge in [-0.15, -0.1) is 0 Å². The van der Waals surface area contributed by atoms with Crippen LogP contribution in [-0.4, -0.2) is 66.9 Å². The van der Waals surface area contributed by atoms with Crippen LogP contribution in [0.4, 0.5) is 0 Å². The highest BCUT2D eigenvalue weighted by molar-refractivity contribution is 5.95. The van der Waals surface area contributed by atoms with Gasteiger partial charge in [0, 0.05) is 42.8 Å². The Morgan fingerprint density at radius 3 is 2.74 bits per heavy atom. The van der Waals surface area contributed by atoms with Crippen LogP contribution in [0.15, 0.2) is 48.7 Å². The number of nitrogens with one attached hydrogen (secondary N) is 1. The highest BCUT2D eigenvalue weighted by Crippen LogP contribution is 2.31. The zero-order chi connectivity index (χ0) is 23.5. The maximum Gasteiger partial charge on any atom is 0.251 e. The van der Waals surface area contributed by atoms with E-state index in [1.165, 1.54) is 0 Å². The lowest BCUT2D eigenvalue weighted by Gasteiger charge is -2.33. The fraction of sp³-hybridized carbons (Fsp3) is 0.385. The summed E-state index contributed by atoms with van der Waals surface area (Å²) < 4.78 is 16.5. The molecule has 1 fully saturated rings. The Morgan fingerprint density at radius 2 is 1.94 bits per heavy atom. The number of ether oxygens (including phenoxy) is 3. The van der Waals surface area contributed by atoms with Crippen LogP contribution in [0.1, 0.15) is 34.9 Å². The molecule has 1 saturated heterocycles. The number of carbonyl (C=O) groups is 1. The van der Waals surface area contributed by atoms with Gasteiger partial charge in [-0.25, -0.2) is 0 Å². The summed E-state index contributed by atoms with van der Waals surface area (Å²) in [7, 11) is 1.63. The molecule has 2 aliphatic rings. The number of pyridine rings is 1. The number of carbonyl (C=O) groups excluding carboxylic acids is 1. The van der Waals surface area contributed by atoms with Gasteiger partial charge in [-0.05, 0) is 60.9 Å². The number of amides is 1. The van der Waals surface area contributed by atoms with Crippen molar-refractivity contribution in [2.75, 3.05) is 40.0 Å². The Hall–Kier alpha value is -3.36. The van der Waals surface area contributed by atoms with Crippen molar-refractivity contribution in [3.63, 3.8) is 0 Å². The molecular weight excluding hydrogens is 434 g/mol. The summed E-state index contributed by atoms with van der Waals surface area (Å²) in [6.07, 6.45) is 2.75. The number of fused-ring (bicyclic) bond motifs is 2. The standard InChI is InChI=1S/C26H29N3O5/c1-32-19-3-4-22-21(15-19)20(6-9-27-22)23(30)16-29-10-7-18(8-11-29)28-26(31)17-2-5-24-25(14-17)34-13-12-33-24/h2-6,9,14-15,18,23,30H,7-8,10-13,16H2,1H3,(H,28,31). The molecular formula is C26H29N3O5. The van der Waals surface area contributed by atoms with E-state index in [4.69, 9.17) is 14.2 Å². The number of nitrogens with zero attached hydrogens (tertiary/aromatic N) is 2. The average molecular weight is 464 g/mol. The fourth-order valence-corrected chi connectivity index (χ4v) is 4.62.